The predicted molar refractivity (Wildman–Crippen MR) is 78.3 cm³/mol. The summed E-state index contributed by atoms with van der Waals surface area (Å²) in [4.78, 5) is -0.249. The standard InChI is InChI=1S/C15H20FNO4S/c1-11-4-5-13(16)14(9-11)22(18,19)17-6-2-3-12(10-17)15-20-7-8-21-15/h4-5,9,12,15H,2-3,6-8,10H2,1H3/t12-/m0/s1. The largest absolute Gasteiger partial charge is 0.350 e. The average Bonchev–Trinajstić information content (AvgIpc) is 3.04. The van der Waals surface area contributed by atoms with Crippen LogP contribution in [0.25, 0.3) is 0 Å². The molecule has 1 aromatic carbocycles. The quantitative estimate of drug-likeness (QED) is 0.850. The zero-order valence-electron chi connectivity index (χ0n) is 12.5. The van der Waals surface area contributed by atoms with Crippen molar-refractivity contribution in [3.63, 3.8) is 0 Å². The van der Waals surface area contributed by atoms with Crippen molar-refractivity contribution in [3.8, 4) is 0 Å². The first-order valence-electron chi connectivity index (χ1n) is 7.48. The van der Waals surface area contributed by atoms with E-state index in [1.807, 2.05) is 0 Å². The summed E-state index contributed by atoms with van der Waals surface area (Å²) in [6.07, 6.45) is 1.23. The van der Waals surface area contributed by atoms with Gasteiger partial charge in [0.1, 0.15) is 10.7 Å². The number of benzene rings is 1. The first-order chi connectivity index (χ1) is 10.5. The minimum Gasteiger partial charge on any atom is -0.350 e. The van der Waals surface area contributed by atoms with Crippen LogP contribution < -0.4 is 0 Å². The molecule has 2 aliphatic heterocycles. The SMILES string of the molecule is Cc1ccc(F)c(S(=O)(=O)N2CCC[C@H](C3OCCO3)C2)c1. The molecular weight excluding hydrogens is 309 g/mol. The predicted octanol–water partition coefficient (Wildman–Crippen LogP) is 1.91. The minimum absolute atomic E-state index is 0.00102. The molecule has 0 amide bonds. The fourth-order valence-electron chi connectivity index (χ4n) is 3.01. The summed E-state index contributed by atoms with van der Waals surface area (Å²) in [6.45, 7) is 3.54. The van der Waals surface area contributed by atoms with Crippen LogP contribution >= 0.6 is 0 Å². The Kier molecular flexibility index (Phi) is 4.49. The molecule has 0 saturated carbocycles. The first kappa shape index (κ1) is 15.9. The van der Waals surface area contributed by atoms with Gasteiger partial charge in [-0.05, 0) is 37.5 Å². The van der Waals surface area contributed by atoms with Crippen molar-refractivity contribution in [3.05, 3.63) is 29.6 Å². The van der Waals surface area contributed by atoms with Gasteiger partial charge in [-0.15, -0.1) is 0 Å². The van der Waals surface area contributed by atoms with E-state index in [2.05, 4.69) is 0 Å². The van der Waals surface area contributed by atoms with E-state index in [9.17, 15) is 12.8 Å². The highest BCUT2D eigenvalue weighted by atomic mass is 32.2. The highest BCUT2D eigenvalue weighted by molar-refractivity contribution is 7.89. The molecule has 0 N–H and O–H groups in total. The molecule has 2 aliphatic rings. The molecule has 0 aliphatic carbocycles. The summed E-state index contributed by atoms with van der Waals surface area (Å²) >= 11 is 0. The van der Waals surface area contributed by atoms with Crippen molar-refractivity contribution in [2.75, 3.05) is 26.3 Å². The molecule has 0 radical (unpaired) electrons. The number of nitrogens with zero attached hydrogens (tertiary/aromatic N) is 1. The van der Waals surface area contributed by atoms with E-state index in [0.717, 1.165) is 18.4 Å². The Balaban J connectivity index is 1.83. The third-order valence-corrected chi connectivity index (χ3v) is 6.04. The molecule has 0 spiro atoms. The zero-order chi connectivity index (χ0) is 15.7. The van der Waals surface area contributed by atoms with Gasteiger partial charge in [0.15, 0.2) is 6.29 Å². The van der Waals surface area contributed by atoms with Gasteiger partial charge in [-0.1, -0.05) is 6.07 Å². The lowest BCUT2D eigenvalue weighted by Crippen LogP contribution is -2.44. The van der Waals surface area contributed by atoms with Crippen molar-refractivity contribution in [2.24, 2.45) is 5.92 Å². The maximum atomic E-state index is 14.0. The molecule has 122 valence electrons. The Bertz CT molecular complexity index is 643. The van der Waals surface area contributed by atoms with E-state index >= 15 is 0 Å². The molecule has 0 aromatic heterocycles. The molecule has 22 heavy (non-hydrogen) atoms. The van der Waals surface area contributed by atoms with Crippen molar-refractivity contribution in [2.45, 2.75) is 31.0 Å². The van der Waals surface area contributed by atoms with Gasteiger partial charge in [0, 0.05) is 19.0 Å². The van der Waals surface area contributed by atoms with E-state index in [-0.39, 0.29) is 17.1 Å². The van der Waals surface area contributed by atoms with Gasteiger partial charge in [-0.25, -0.2) is 12.8 Å². The van der Waals surface area contributed by atoms with Crippen LogP contribution in [0.4, 0.5) is 4.39 Å². The van der Waals surface area contributed by atoms with Gasteiger partial charge in [-0.3, -0.25) is 0 Å². The highest BCUT2D eigenvalue weighted by Gasteiger charge is 2.37. The smallest absolute Gasteiger partial charge is 0.246 e. The van der Waals surface area contributed by atoms with Crippen LogP contribution in [-0.2, 0) is 19.5 Å². The lowest BCUT2D eigenvalue weighted by Gasteiger charge is -2.34. The average molecular weight is 329 g/mol. The molecular formula is C15H20FNO4S. The first-order valence-corrected chi connectivity index (χ1v) is 8.92. The van der Waals surface area contributed by atoms with Crippen molar-refractivity contribution < 1.29 is 22.3 Å². The number of hydrogen-bond donors (Lipinski definition) is 0. The van der Waals surface area contributed by atoms with E-state index < -0.39 is 15.8 Å². The summed E-state index contributed by atoms with van der Waals surface area (Å²) in [5, 5.41) is 0. The van der Waals surface area contributed by atoms with E-state index in [4.69, 9.17) is 9.47 Å². The Morgan fingerprint density at radius 2 is 2.00 bits per heavy atom. The van der Waals surface area contributed by atoms with Crippen LogP contribution in [0, 0.1) is 18.7 Å². The lowest BCUT2D eigenvalue weighted by atomic mass is 9.99. The third kappa shape index (κ3) is 3.03. The van der Waals surface area contributed by atoms with E-state index in [1.165, 1.54) is 16.4 Å². The zero-order valence-corrected chi connectivity index (χ0v) is 13.3. The fraction of sp³-hybridized carbons (Fsp3) is 0.600. The number of sulfonamides is 1. The Morgan fingerprint density at radius 1 is 1.27 bits per heavy atom. The molecule has 2 fully saturated rings. The van der Waals surface area contributed by atoms with Crippen LogP contribution in [0.5, 0.6) is 0 Å². The second kappa shape index (κ2) is 6.23. The second-order valence-corrected chi connectivity index (χ2v) is 7.72. The highest BCUT2D eigenvalue weighted by Crippen LogP contribution is 2.29. The Morgan fingerprint density at radius 3 is 2.73 bits per heavy atom. The molecule has 3 rings (SSSR count). The molecule has 2 heterocycles. The number of piperidine rings is 1. The minimum atomic E-state index is -3.83. The normalized spacial score (nSPS) is 24.7. The van der Waals surface area contributed by atoms with Crippen molar-refractivity contribution in [1.29, 1.82) is 0 Å². The molecule has 1 aromatic rings. The van der Waals surface area contributed by atoms with Crippen molar-refractivity contribution in [1.82, 2.24) is 4.31 Å². The van der Waals surface area contributed by atoms with Crippen molar-refractivity contribution >= 4 is 10.0 Å². The number of ether oxygens (including phenoxy) is 2. The topological polar surface area (TPSA) is 55.8 Å². The number of hydrogen-bond acceptors (Lipinski definition) is 4. The number of aryl methyl sites for hydroxylation is 1. The van der Waals surface area contributed by atoms with Gasteiger partial charge in [0.05, 0.1) is 13.2 Å². The fourth-order valence-corrected chi connectivity index (χ4v) is 4.70. The summed E-state index contributed by atoms with van der Waals surface area (Å²) < 4.78 is 51.7. The maximum Gasteiger partial charge on any atom is 0.246 e. The van der Waals surface area contributed by atoms with Gasteiger partial charge < -0.3 is 9.47 Å². The maximum absolute atomic E-state index is 14.0. The number of rotatable bonds is 3. The molecule has 0 unspecified atom stereocenters. The van der Waals surface area contributed by atoms with Gasteiger partial charge >= 0.3 is 0 Å². The Labute approximate surface area is 130 Å². The van der Waals surface area contributed by atoms with Gasteiger partial charge in [0.25, 0.3) is 0 Å². The Hall–Kier alpha value is -1.02. The lowest BCUT2D eigenvalue weighted by molar-refractivity contribution is -0.0940. The van der Waals surface area contributed by atoms with Gasteiger partial charge in [0.2, 0.25) is 10.0 Å². The molecule has 0 bridgehead atoms. The van der Waals surface area contributed by atoms with E-state index in [1.54, 1.807) is 13.0 Å². The second-order valence-electron chi connectivity index (χ2n) is 5.81. The summed E-state index contributed by atoms with van der Waals surface area (Å²) in [5.41, 5.74) is 0.719. The third-order valence-electron chi connectivity index (χ3n) is 4.16. The van der Waals surface area contributed by atoms with Crippen LogP contribution in [0.3, 0.4) is 0 Å². The summed E-state index contributed by atoms with van der Waals surface area (Å²) in [5.74, 6) is -0.708. The molecule has 2 saturated heterocycles. The van der Waals surface area contributed by atoms with Gasteiger partial charge in [-0.2, -0.15) is 4.31 Å². The summed E-state index contributed by atoms with van der Waals surface area (Å²) in [7, 11) is -3.83. The molecule has 7 heteroatoms. The van der Waals surface area contributed by atoms with Crippen LogP contribution in [0.15, 0.2) is 23.1 Å². The number of halogens is 1. The molecule has 1 atom stereocenters. The van der Waals surface area contributed by atoms with Crippen LogP contribution in [-0.4, -0.2) is 45.3 Å². The summed E-state index contributed by atoms with van der Waals surface area (Å²) in [6, 6.07) is 4.15. The van der Waals surface area contributed by atoms with E-state index in [0.29, 0.717) is 26.3 Å². The monoisotopic (exact) mass is 329 g/mol. The molecule has 5 nitrogen and oxygen atoms in total. The van der Waals surface area contributed by atoms with Crippen LogP contribution in [0.1, 0.15) is 18.4 Å². The van der Waals surface area contributed by atoms with Crippen LogP contribution in [0.2, 0.25) is 0 Å².